The Balaban J connectivity index is 2.17. The predicted octanol–water partition coefficient (Wildman–Crippen LogP) is 7.16. The van der Waals surface area contributed by atoms with Crippen molar-refractivity contribution in [3.8, 4) is 5.75 Å². The molecule has 37 heavy (non-hydrogen) atoms. The highest BCUT2D eigenvalue weighted by Crippen LogP contribution is 2.47. The largest absolute Gasteiger partial charge is 0.464 e. The summed E-state index contributed by atoms with van der Waals surface area (Å²) in [5.74, 6) is -0.00646. The van der Waals surface area contributed by atoms with Gasteiger partial charge >= 0.3 is 5.97 Å². The fourth-order valence-electron chi connectivity index (χ4n) is 4.91. The van der Waals surface area contributed by atoms with Crippen molar-refractivity contribution >= 4 is 38.9 Å². The zero-order chi connectivity index (χ0) is 26.9. The standard InChI is InChI=1S/C29H39NO5S2/c1-5-8-16-29(17-9-6-2)21-30(23-13-11-10-12-14-23)24-19-26(36-4)25(20-27(24)37(32,33)22-29)35-18-15-28(31)34-7-3/h10-15,18-20H,5-9,16-17,21-22H2,1-4H3/b18-15+. The Kier molecular flexibility index (Phi) is 10.5. The Morgan fingerprint density at radius 1 is 1.08 bits per heavy atom. The van der Waals surface area contributed by atoms with Crippen molar-refractivity contribution in [2.45, 2.75) is 69.1 Å². The van der Waals surface area contributed by atoms with E-state index in [0.717, 1.165) is 49.1 Å². The van der Waals surface area contributed by atoms with Gasteiger partial charge in [0, 0.05) is 23.7 Å². The highest BCUT2D eigenvalue weighted by atomic mass is 32.2. The number of benzene rings is 2. The molecular weight excluding hydrogens is 506 g/mol. The van der Waals surface area contributed by atoms with E-state index in [0.29, 0.717) is 18.0 Å². The number of thioether (sulfide) groups is 1. The number of carbonyl (C=O) groups excluding carboxylic acids is 1. The molecule has 0 aliphatic carbocycles. The second-order valence-electron chi connectivity index (χ2n) is 9.53. The molecule has 1 heterocycles. The summed E-state index contributed by atoms with van der Waals surface area (Å²) in [6.45, 7) is 6.94. The lowest BCUT2D eigenvalue weighted by Gasteiger charge is -2.37. The normalized spacial score (nSPS) is 16.3. The summed E-state index contributed by atoms with van der Waals surface area (Å²) in [5.41, 5.74) is 1.29. The number of hydrogen-bond acceptors (Lipinski definition) is 7. The number of para-hydroxylation sites is 1. The lowest BCUT2D eigenvalue weighted by molar-refractivity contribution is -0.137. The van der Waals surface area contributed by atoms with Crippen LogP contribution in [0.2, 0.25) is 0 Å². The number of carbonyl (C=O) groups is 1. The summed E-state index contributed by atoms with van der Waals surface area (Å²) in [5, 5.41) is 0. The van der Waals surface area contributed by atoms with Gasteiger partial charge in [-0.25, -0.2) is 13.2 Å². The average Bonchev–Trinajstić information content (AvgIpc) is 2.98. The number of nitrogens with zero attached hydrogens (tertiary/aromatic N) is 1. The molecule has 0 amide bonds. The van der Waals surface area contributed by atoms with Crippen molar-refractivity contribution in [2.24, 2.45) is 5.41 Å². The molecule has 0 saturated carbocycles. The second kappa shape index (κ2) is 13.4. The molecule has 0 fully saturated rings. The summed E-state index contributed by atoms with van der Waals surface area (Å²) in [6, 6.07) is 13.6. The molecule has 0 radical (unpaired) electrons. The molecule has 0 atom stereocenters. The van der Waals surface area contributed by atoms with Gasteiger partial charge in [0.15, 0.2) is 9.84 Å². The summed E-state index contributed by atoms with van der Waals surface area (Å²) < 4.78 is 38.8. The van der Waals surface area contributed by atoms with Gasteiger partial charge in [-0.2, -0.15) is 0 Å². The van der Waals surface area contributed by atoms with Crippen molar-refractivity contribution in [2.75, 3.05) is 30.1 Å². The van der Waals surface area contributed by atoms with E-state index in [1.54, 1.807) is 13.0 Å². The first-order chi connectivity index (χ1) is 17.8. The molecule has 202 valence electrons. The number of esters is 1. The van der Waals surface area contributed by atoms with Crippen LogP contribution in [0.4, 0.5) is 11.4 Å². The maximum absolute atomic E-state index is 14.0. The van der Waals surface area contributed by atoms with Crippen molar-refractivity contribution in [1.29, 1.82) is 0 Å². The van der Waals surface area contributed by atoms with E-state index in [-0.39, 0.29) is 22.7 Å². The fraction of sp³-hybridized carbons (Fsp3) is 0.483. The van der Waals surface area contributed by atoms with Crippen LogP contribution in [-0.2, 0) is 19.4 Å². The Labute approximate surface area is 226 Å². The minimum Gasteiger partial charge on any atom is -0.464 e. The summed E-state index contributed by atoms with van der Waals surface area (Å²) in [4.78, 5) is 15.0. The molecule has 1 aliphatic heterocycles. The van der Waals surface area contributed by atoms with Gasteiger partial charge < -0.3 is 14.4 Å². The van der Waals surface area contributed by atoms with Gasteiger partial charge in [-0.1, -0.05) is 57.7 Å². The zero-order valence-electron chi connectivity index (χ0n) is 22.4. The van der Waals surface area contributed by atoms with E-state index in [4.69, 9.17) is 9.47 Å². The van der Waals surface area contributed by atoms with Crippen LogP contribution < -0.4 is 9.64 Å². The molecule has 0 N–H and O–H groups in total. The monoisotopic (exact) mass is 545 g/mol. The van der Waals surface area contributed by atoms with E-state index in [9.17, 15) is 13.2 Å². The van der Waals surface area contributed by atoms with Crippen LogP contribution in [0.1, 0.15) is 59.3 Å². The van der Waals surface area contributed by atoms with Gasteiger partial charge in [0.2, 0.25) is 0 Å². The quantitative estimate of drug-likeness (QED) is 0.121. The van der Waals surface area contributed by atoms with E-state index >= 15 is 0 Å². The first-order valence-electron chi connectivity index (χ1n) is 13.1. The number of rotatable bonds is 12. The third-order valence-electron chi connectivity index (χ3n) is 6.74. The van der Waals surface area contributed by atoms with Crippen molar-refractivity contribution in [3.05, 3.63) is 54.8 Å². The van der Waals surface area contributed by atoms with Gasteiger partial charge in [-0.3, -0.25) is 0 Å². The van der Waals surface area contributed by atoms with E-state index in [1.807, 2.05) is 42.7 Å². The molecule has 1 aliphatic rings. The van der Waals surface area contributed by atoms with Gasteiger partial charge in [0.05, 0.1) is 40.2 Å². The average molecular weight is 546 g/mol. The number of anilines is 2. The van der Waals surface area contributed by atoms with Crippen LogP contribution in [0.25, 0.3) is 0 Å². The van der Waals surface area contributed by atoms with E-state index in [1.165, 1.54) is 24.1 Å². The van der Waals surface area contributed by atoms with Gasteiger partial charge in [0.1, 0.15) is 5.75 Å². The molecule has 2 aromatic rings. The zero-order valence-corrected chi connectivity index (χ0v) is 24.0. The first kappa shape index (κ1) is 29.1. The Morgan fingerprint density at radius 3 is 2.35 bits per heavy atom. The minimum absolute atomic E-state index is 0.104. The van der Waals surface area contributed by atoms with Crippen molar-refractivity contribution in [1.82, 2.24) is 0 Å². The molecule has 0 spiro atoms. The molecule has 3 rings (SSSR count). The molecule has 8 heteroatoms. The number of unbranched alkanes of at least 4 members (excludes halogenated alkanes) is 2. The van der Waals surface area contributed by atoms with Crippen LogP contribution in [0, 0.1) is 5.41 Å². The maximum Gasteiger partial charge on any atom is 0.333 e. The molecule has 6 nitrogen and oxygen atoms in total. The van der Waals surface area contributed by atoms with Gasteiger partial charge in [-0.05, 0) is 44.2 Å². The SMILES string of the molecule is CCCCC1(CCCC)CN(c2ccccc2)c2cc(SC)c(O/C=C/C(=O)OCC)cc2S(=O)(=O)C1. The first-order valence-corrected chi connectivity index (χ1v) is 15.9. The summed E-state index contributed by atoms with van der Waals surface area (Å²) >= 11 is 1.47. The molecule has 2 aromatic carbocycles. The summed E-state index contributed by atoms with van der Waals surface area (Å²) in [6.07, 6.45) is 10.1. The smallest absolute Gasteiger partial charge is 0.333 e. The van der Waals surface area contributed by atoms with Gasteiger partial charge in [-0.15, -0.1) is 11.8 Å². The number of fused-ring (bicyclic) bond motifs is 1. The van der Waals surface area contributed by atoms with Crippen LogP contribution in [0.3, 0.4) is 0 Å². The van der Waals surface area contributed by atoms with Gasteiger partial charge in [0.25, 0.3) is 0 Å². The molecule has 0 bridgehead atoms. The topological polar surface area (TPSA) is 72.9 Å². The Morgan fingerprint density at radius 2 is 1.76 bits per heavy atom. The second-order valence-corrected chi connectivity index (χ2v) is 12.3. The lowest BCUT2D eigenvalue weighted by atomic mass is 9.79. The minimum atomic E-state index is -3.63. The van der Waals surface area contributed by atoms with Crippen LogP contribution in [0.5, 0.6) is 5.75 Å². The summed E-state index contributed by atoms with van der Waals surface area (Å²) in [7, 11) is -3.63. The maximum atomic E-state index is 14.0. The van der Waals surface area contributed by atoms with Crippen molar-refractivity contribution in [3.63, 3.8) is 0 Å². The highest BCUT2D eigenvalue weighted by molar-refractivity contribution is 7.98. The van der Waals surface area contributed by atoms with E-state index < -0.39 is 15.8 Å². The lowest BCUT2D eigenvalue weighted by Crippen LogP contribution is -2.38. The highest BCUT2D eigenvalue weighted by Gasteiger charge is 2.42. The molecule has 0 unspecified atom stereocenters. The van der Waals surface area contributed by atoms with Crippen molar-refractivity contribution < 1.29 is 22.7 Å². The Bertz CT molecular complexity index is 1170. The third-order valence-corrected chi connectivity index (χ3v) is 9.48. The fourth-order valence-corrected chi connectivity index (χ4v) is 7.57. The van der Waals surface area contributed by atoms with Crippen LogP contribution in [0.15, 0.2) is 64.6 Å². The predicted molar refractivity (Wildman–Crippen MR) is 152 cm³/mol. The Hall–Kier alpha value is -2.45. The number of ether oxygens (including phenoxy) is 2. The number of hydrogen-bond donors (Lipinski definition) is 0. The van der Waals surface area contributed by atoms with Crippen LogP contribution in [-0.4, -0.2) is 39.5 Å². The molecule has 0 saturated heterocycles. The molecular formula is C29H39NO5S2. The van der Waals surface area contributed by atoms with Crippen LogP contribution >= 0.6 is 11.8 Å². The third kappa shape index (κ3) is 7.32. The molecule has 0 aromatic heterocycles. The number of sulfone groups is 1. The van der Waals surface area contributed by atoms with E-state index in [2.05, 4.69) is 18.7 Å².